The van der Waals surface area contributed by atoms with Gasteiger partial charge in [-0.1, -0.05) is 11.8 Å². The van der Waals surface area contributed by atoms with Gasteiger partial charge in [-0.05, 0) is 49.2 Å². The number of amides is 2. The molecule has 4 rings (SSSR count). The van der Waals surface area contributed by atoms with E-state index in [0.717, 1.165) is 12.8 Å². The molecule has 1 aliphatic carbocycles. The Balaban J connectivity index is 1.65. The molecule has 2 N–H and O–H groups in total. The number of nitrogens with zero attached hydrogens (tertiary/aromatic N) is 4. The number of urea groups is 1. The Morgan fingerprint density at radius 2 is 2.25 bits per heavy atom. The number of ether oxygens (including phenoxy) is 1. The van der Waals surface area contributed by atoms with Crippen LogP contribution in [0.15, 0.2) is 33.0 Å². The van der Waals surface area contributed by atoms with E-state index in [1.807, 2.05) is 0 Å². The van der Waals surface area contributed by atoms with Crippen molar-refractivity contribution in [3.05, 3.63) is 34.9 Å². The molecule has 0 bridgehead atoms. The molecule has 0 spiro atoms. The number of rotatable bonds is 7. The van der Waals surface area contributed by atoms with Gasteiger partial charge in [0, 0.05) is 11.4 Å². The van der Waals surface area contributed by atoms with Crippen LogP contribution >= 0.6 is 11.8 Å². The van der Waals surface area contributed by atoms with Crippen molar-refractivity contribution in [2.24, 2.45) is 0 Å². The van der Waals surface area contributed by atoms with Crippen LogP contribution < -0.4 is 10.6 Å². The number of aryl methyl sites for hydroxylation is 1. The summed E-state index contributed by atoms with van der Waals surface area (Å²) in [5, 5.41) is 17.9. The summed E-state index contributed by atoms with van der Waals surface area (Å²) in [4.78, 5) is 24.9. The third kappa shape index (κ3) is 3.75. The number of aromatic nitrogens is 4. The van der Waals surface area contributed by atoms with Gasteiger partial charge in [0.15, 0.2) is 0 Å². The average molecular weight is 404 g/mol. The monoisotopic (exact) mass is 404 g/mol. The Morgan fingerprint density at radius 3 is 2.93 bits per heavy atom. The molecule has 2 aromatic rings. The lowest BCUT2D eigenvalue weighted by Crippen LogP contribution is -2.46. The van der Waals surface area contributed by atoms with Gasteiger partial charge in [0.1, 0.15) is 17.6 Å². The van der Waals surface area contributed by atoms with Crippen molar-refractivity contribution in [1.82, 2.24) is 30.8 Å². The van der Waals surface area contributed by atoms with E-state index in [2.05, 4.69) is 26.2 Å². The van der Waals surface area contributed by atoms with Crippen molar-refractivity contribution in [2.75, 3.05) is 12.4 Å². The molecule has 1 fully saturated rings. The van der Waals surface area contributed by atoms with Crippen molar-refractivity contribution in [1.29, 1.82) is 0 Å². The summed E-state index contributed by atoms with van der Waals surface area (Å²) in [6.45, 7) is 3.76. The lowest BCUT2D eigenvalue weighted by Gasteiger charge is -2.27. The molecule has 0 unspecified atom stereocenters. The number of carbonyl (C=O) groups excluding carboxylic acids is 2. The maximum Gasteiger partial charge on any atom is 0.338 e. The highest BCUT2D eigenvalue weighted by atomic mass is 32.2. The second kappa shape index (κ2) is 7.66. The van der Waals surface area contributed by atoms with Crippen molar-refractivity contribution < 1.29 is 18.7 Å². The number of tetrazole rings is 1. The molecule has 11 heteroatoms. The van der Waals surface area contributed by atoms with Gasteiger partial charge in [0.2, 0.25) is 5.16 Å². The Kier molecular flexibility index (Phi) is 5.07. The van der Waals surface area contributed by atoms with E-state index in [0.29, 0.717) is 39.7 Å². The molecule has 0 radical (unpaired) electrons. The number of esters is 1. The summed E-state index contributed by atoms with van der Waals surface area (Å²) in [5.41, 5.74) is 0.769. The molecule has 0 aromatic carbocycles. The van der Waals surface area contributed by atoms with Crippen molar-refractivity contribution in [2.45, 2.75) is 43.9 Å². The van der Waals surface area contributed by atoms with E-state index in [9.17, 15) is 9.59 Å². The Hall–Kier alpha value is -2.82. The van der Waals surface area contributed by atoms with Gasteiger partial charge in [-0.2, -0.15) is 0 Å². The molecule has 28 heavy (non-hydrogen) atoms. The fourth-order valence-corrected chi connectivity index (χ4v) is 3.88. The molecule has 0 saturated heterocycles. The van der Waals surface area contributed by atoms with Crippen LogP contribution in [0.1, 0.15) is 43.4 Å². The summed E-state index contributed by atoms with van der Waals surface area (Å²) in [6, 6.07) is 2.71. The van der Waals surface area contributed by atoms with Gasteiger partial charge in [-0.3, -0.25) is 0 Å². The molecule has 3 heterocycles. The zero-order valence-electron chi connectivity index (χ0n) is 15.5. The summed E-state index contributed by atoms with van der Waals surface area (Å²) >= 11 is 1.36. The molecule has 1 saturated carbocycles. The first-order valence-corrected chi connectivity index (χ1v) is 10.00. The van der Waals surface area contributed by atoms with Crippen molar-refractivity contribution in [3.63, 3.8) is 0 Å². The van der Waals surface area contributed by atoms with E-state index in [1.165, 1.54) is 11.8 Å². The lowest BCUT2D eigenvalue weighted by atomic mass is 10.0. The van der Waals surface area contributed by atoms with Gasteiger partial charge in [0.05, 0.1) is 18.2 Å². The molecule has 1 atom stereocenters. The van der Waals surface area contributed by atoms with Crippen molar-refractivity contribution in [3.8, 4) is 0 Å². The highest BCUT2D eigenvalue weighted by Gasteiger charge is 2.36. The Labute approximate surface area is 165 Å². The highest BCUT2D eigenvalue weighted by Crippen LogP contribution is 2.37. The second-order valence-corrected chi connectivity index (χ2v) is 7.46. The lowest BCUT2D eigenvalue weighted by molar-refractivity contribution is -0.139. The standard InChI is InChI=1S/C17H20N6O4S/c1-3-26-15(24)13-11(8-28-17-20-21-22-23(17)10-5-6-10)18-16(25)19-14(13)12-7-4-9(2)27-12/h4,7,10,14H,3,5-6,8H2,1-2H3,(H2,18,19,25)/t14-/m0/s1. The summed E-state index contributed by atoms with van der Waals surface area (Å²) in [7, 11) is 0. The van der Waals surface area contributed by atoms with Crippen LogP contribution in [0.5, 0.6) is 0 Å². The smallest absolute Gasteiger partial charge is 0.338 e. The van der Waals surface area contributed by atoms with Crippen LogP contribution in [-0.2, 0) is 9.53 Å². The molecule has 2 aliphatic rings. The van der Waals surface area contributed by atoms with Crippen LogP contribution in [0.3, 0.4) is 0 Å². The fraction of sp³-hybridized carbons (Fsp3) is 0.471. The normalized spacial score (nSPS) is 19.4. The number of nitrogens with one attached hydrogen (secondary N) is 2. The predicted octanol–water partition coefficient (Wildman–Crippen LogP) is 1.87. The van der Waals surface area contributed by atoms with Gasteiger partial charge in [0.25, 0.3) is 0 Å². The molecular weight excluding hydrogens is 384 g/mol. The summed E-state index contributed by atoms with van der Waals surface area (Å²) in [5.74, 6) is 0.961. The average Bonchev–Trinajstić information content (AvgIpc) is 3.24. The maximum absolute atomic E-state index is 12.7. The highest BCUT2D eigenvalue weighted by molar-refractivity contribution is 7.99. The van der Waals surface area contributed by atoms with E-state index in [1.54, 1.807) is 30.7 Å². The number of thioether (sulfide) groups is 1. The minimum atomic E-state index is -0.725. The first-order chi connectivity index (χ1) is 13.6. The van der Waals surface area contributed by atoms with Gasteiger partial charge in [-0.15, -0.1) is 5.10 Å². The third-order valence-corrected chi connectivity index (χ3v) is 5.36. The summed E-state index contributed by atoms with van der Waals surface area (Å²) in [6.07, 6.45) is 2.10. The first kappa shape index (κ1) is 18.5. The Morgan fingerprint density at radius 1 is 1.43 bits per heavy atom. The second-order valence-electron chi connectivity index (χ2n) is 6.52. The van der Waals surface area contributed by atoms with Crippen molar-refractivity contribution >= 4 is 23.8 Å². The molecule has 2 amide bonds. The molecule has 2 aromatic heterocycles. The number of hydrogen-bond acceptors (Lipinski definition) is 8. The molecule has 1 aliphatic heterocycles. The van der Waals surface area contributed by atoms with Crippen LogP contribution in [-0.4, -0.2) is 44.6 Å². The molecule has 148 valence electrons. The number of furan rings is 1. The minimum Gasteiger partial charge on any atom is -0.464 e. The zero-order chi connectivity index (χ0) is 19.7. The van der Waals surface area contributed by atoms with E-state index in [-0.39, 0.29) is 6.61 Å². The first-order valence-electron chi connectivity index (χ1n) is 9.01. The predicted molar refractivity (Wildman–Crippen MR) is 98.3 cm³/mol. The largest absolute Gasteiger partial charge is 0.464 e. The van der Waals surface area contributed by atoms with Crippen LogP contribution in [0.25, 0.3) is 0 Å². The quantitative estimate of drug-likeness (QED) is 0.529. The minimum absolute atomic E-state index is 0.223. The van der Waals surface area contributed by atoms with E-state index in [4.69, 9.17) is 9.15 Å². The van der Waals surface area contributed by atoms with Crippen LogP contribution in [0.2, 0.25) is 0 Å². The van der Waals surface area contributed by atoms with Gasteiger partial charge < -0.3 is 19.8 Å². The topological polar surface area (TPSA) is 124 Å². The van der Waals surface area contributed by atoms with E-state index < -0.39 is 18.0 Å². The Bertz CT molecular complexity index is 932. The number of carbonyl (C=O) groups is 2. The fourth-order valence-electron chi connectivity index (χ4n) is 2.97. The maximum atomic E-state index is 12.7. The van der Waals surface area contributed by atoms with Crippen LogP contribution in [0.4, 0.5) is 4.79 Å². The van der Waals surface area contributed by atoms with Gasteiger partial charge >= 0.3 is 12.0 Å². The van der Waals surface area contributed by atoms with Crippen LogP contribution in [0, 0.1) is 6.92 Å². The van der Waals surface area contributed by atoms with Gasteiger partial charge in [-0.25, -0.2) is 14.3 Å². The zero-order valence-corrected chi connectivity index (χ0v) is 16.3. The number of hydrogen-bond donors (Lipinski definition) is 2. The third-order valence-electron chi connectivity index (χ3n) is 4.40. The molecular formula is C17H20N6O4S. The SMILES string of the molecule is CCOC(=O)C1=C(CSc2nnnn2C2CC2)NC(=O)N[C@H]1c1ccc(C)o1. The molecule has 10 nitrogen and oxygen atoms in total. The van der Waals surface area contributed by atoms with E-state index >= 15 is 0 Å². The summed E-state index contributed by atoms with van der Waals surface area (Å²) < 4.78 is 12.7.